The predicted molar refractivity (Wildman–Crippen MR) is 97.4 cm³/mol. The second kappa shape index (κ2) is 6.28. The lowest BCUT2D eigenvalue weighted by atomic mass is 10.1. The number of aryl methyl sites for hydroxylation is 1. The minimum Gasteiger partial charge on any atom is -0.337 e. The third kappa shape index (κ3) is 3.20. The molecule has 2 aliphatic rings. The molecular formula is C20H25N3O2. The first-order chi connectivity index (χ1) is 12.1. The number of carbonyl (C=O) groups is 1. The summed E-state index contributed by atoms with van der Waals surface area (Å²) in [5.41, 5.74) is 0.665. The van der Waals surface area contributed by atoms with Crippen molar-refractivity contribution in [2.45, 2.75) is 64.6 Å². The Morgan fingerprint density at radius 3 is 2.68 bits per heavy atom. The highest BCUT2D eigenvalue weighted by molar-refractivity contribution is 5.78. The fraction of sp³-hybridized carbons (Fsp3) is 0.550. The van der Waals surface area contributed by atoms with Gasteiger partial charge in [0.2, 0.25) is 5.91 Å². The molecule has 0 spiro atoms. The highest BCUT2D eigenvalue weighted by atomic mass is 16.2. The van der Waals surface area contributed by atoms with E-state index in [9.17, 15) is 9.59 Å². The van der Waals surface area contributed by atoms with Crippen LogP contribution in [0.25, 0.3) is 10.9 Å². The van der Waals surface area contributed by atoms with Crippen LogP contribution in [-0.2, 0) is 11.3 Å². The smallest absolute Gasteiger partial charge is 0.261 e. The lowest BCUT2D eigenvalue weighted by Gasteiger charge is -2.30. The zero-order valence-corrected chi connectivity index (χ0v) is 14.9. The zero-order chi connectivity index (χ0) is 17.6. The van der Waals surface area contributed by atoms with E-state index in [1.165, 1.54) is 12.8 Å². The number of rotatable bonds is 6. The Kier molecular flexibility index (Phi) is 4.10. The Hall–Kier alpha value is -2.17. The van der Waals surface area contributed by atoms with Crippen LogP contribution in [0, 0.1) is 12.8 Å². The van der Waals surface area contributed by atoms with E-state index in [-0.39, 0.29) is 11.5 Å². The highest BCUT2D eigenvalue weighted by Crippen LogP contribution is 2.40. The number of hydrogen-bond donors (Lipinski definition) is 0. The lowest BCUT2D eigenvalue weighted by molar-refractivity contribution is -0.134. The average molecular weight is 339 g/mol. The molecule has 0 N–H and O–H groups in total. The van der Waals surface area contributed by atoms with Gasteiger partial charge in [0.05, 0.1) is 10.9 Å². The van der Waals surface area contributed by atoms with Gasteiger partial charge in [-0.2, -0.15) is 0 Å². The van der Waals surface area contributed by atoms with Crippen LogP contribution in [0.5, 0.6) is 0 Å². The maximum absolute atomic E-state index is 12.8. The van der Waals surface area contributed by atoms with E-state index in [1.54, 1.807) is 10.6 Å². The monoisotopic (exact) mass is 339 g/mol. The number of aromatic nitrogens is 2. The van der Waals surface area contributed by atoms with Crippen molar-refractivity contribution in [1.29, 1.82) is 0 Å². The van der Waals surface area contributed by atoms with Crippen molar-refractivity contribution in [3.05, 3.63) is 40.4 Å². The van der Waals surface area contributed by atoms with Crippen LogP contribution in [-0.4, -0.2) is 32.4 Å². The number of hydrogen-bond acceptors (Lipinski definition) is 3. The number of para-hydroxylation sites is 1. The van der Waals surface area contributed by atoms with E-state index < -0.39 is 0 Å². The number of benzene rings is 1. The van der Waals surface area contributed by atoms with Crippen molar-refractivity contribution in [3.8, 4) is 0 Å². The molecule has 5 nitrogen and oxygen atoms in total. The molecule has 2 aromatic rings. The lowest BCUT2D eigenvalue weighted by Crippen LogP contribution is -2.42. The quantitative estimate of drug-likeness (QED) is 0.813. The molecule has 1 aromatic carbocycles. The Balaban J connectivity index is 1.53. The summed E-state index contributed by atoms with van der Waals surface area (Å²) in [7, 11) is 0. The fourth-order valence-corrected chi connectivity index (χ4v) is 3.80. The summed E-state index contributed by atoms with van der Waals surface area (Å²) in [4.78, 5) is 32.2. The molecule has 0 radical (unpaired) electrons. The standard InChI is InChI=1S/C20H25N3O2/c1-13(15-7-8-15)23(16-9-10-16)19(24)11-12-22-14(2)21-18-6-4-3-5-17(18)20(22)25/h3-6,13,15-16H,7-12H2,1-2H3/t13-/m0/s1. The van der Waals surface area contributed by atoms with E-state index in [0.29, 0.717) is 42.2 Å². The summed E-state index contributed by atoms with van der Waals surface area (Å²) in [5, 5.41) is 0.617. The maximum atomic E-state index is 12.8. The summed E-state index contributed by atoms with van der Waals surface area (Å²) in [6.07, 6.45) is 5.10. The predicted octanol–water partition coefficient (Wildman–Crippen LogP) is 2.88. The Morgan fingerprint density at radius 1 is 1.28 bits per heavy atom. The third-order valence-electron chi connectivity index (χ3n) is 5.57. The first-order valence-electron chi connectivity index (χ1n) is 9.33. The van der Waals surface area contributed by atoms with Gasteiger partial charge in [-0.15, -0.1) is 0 Å². The third-order valence-corrected chi connectivity index (χ3v) is 5.57. The van der Waals surface area contributed by atoms with Gasteiger partial charge in [0.25, 0.3) is 5.56 Å². The molecule has 0 aliphatic heterocycles. The number of fused-ring (bicyclic) bond motifs is 1. The minimum absolute atomic E-state index is 0.0517. The number of carbonyl (C=O) groups excluding carboxylic acids is 1. The summed E-state index contributed by atoms with van der Waals surface area (Å²) >= 11 is 0. The molecule has 25 heavy (non-hydrogen) atoms. The maximum Gasteiger partial charge on any atom is 0.261 e. The summed E-state index contributed by atoms with van der Waals surface area (Å²) in [5.74, 6) is 1.53. The summed E-state index contributed by atoms with van der Waals surface area (Å²) in [6, 6.07) is 8.15. The van der Waals surface area contributed by atoms with Crippen LogP contribution in [0.4, 0.5) is 0 Å². The Morgan fingerprint density at radius 2 is 2.00 bits per heavy atom. The molecule has 0 saturated heterocycles. The molecule has 1 heterocycles. The van der Waals surface area contributed by atoms with Crippen molar-refractivity contribution < 1.29 is 4.79 Å². The van der Waals surface area contributed by atoms with E-state index in [1.807, 2.05) is 25.1 Å². The molecule has 132 valence electrons. The van der Waals surface area contributed by atoms with Gasteiger partial charge in [-0.3, -0.25) is 14.2 Å². The van der Waals surface area contributed by atoms with Crippen LogP contribution in [0.2, 0.25) is 0 Å². The van der Waals surface area contributed by atoms with Gasteiger partial charge >= 0.3 is 0 Å². The SMILES string of the molecule is Cc1nc2ccccc2c(=O)n1CCC(=O)N(C1CC1)[C@@H](C)C1CC1. The van der Waals surface area contributed by atoms with Crippen molar-refractivity contribution in [2.24, 2.45) is 5.92 Å². The minimum atomic E-state index is -0.0517. The molecule has 1 aromatic heterocycles. The van der Waals surface area contributed by atoms with Crippen LogP contribution >= 0.6 is 0 Å². The van der Waals surface area contributed by atoms with Gasteiger partial charge in [-0.05, 0) is 57.6 Å². The molecule has 1 atom stereocenters. The zero-order valence-electron chi connectivity index (χ0n) is 14.9. The first-order valence-corrected chi connectivity index (χ1v) is 9.33. The molecule has 2 aliphatic carbocycles. The Bertz CT molecular complexity index is 865. The molecule has 1 amide bonds. The van der Waals surface area contributed by atoms with E-state index >= 15 is 0 Å². The molecular weight excluding hydrogens is 314 g/mol. The topological polar surface area (TPSA) is 55.2 Å². The first kappa shape index (κ1) is 16.3. The van der Waals surface area contributed by atoms with Crippen LogP contribution in [0.3, 0.4) is 0 Å². The van der Waals surface area contributed by atoms with Crippen molar-refractivity contribution in [3.63, 3.8) is 0 Å². The fourth-order valence-electron chi connectivity index (χ4n) is 3.80. The van der Waals surface area contributed by atoms with Gasteiger partial charge in [-0.25, -0.2) is 4.98 Å². The Labute approximate surface area is 147 Å². The summed E-state index contributed by atoms with van der Waals surface area (Å²) < 4.78 is 1.65. The van der Waals surface area contributed by atoms with Crippen LogP contribution in [0.15, 0.2) is 29.1 Å². The van der Waals surface area contributed by atoms with Crippen LogP contribution in [0.1, 0.15) is 44.9 Å². The van der Waals surface area contributed by atoms with E-state index in [4.69, 9.17) is 0 Å². The second-order valence-corrected chi connectivity index (χ2v) is 7.49. The highest BCUT2D eigenvalue weighted by Gasteiger charge is 2.41. The molecule has 4 rings (SSSR count). The number of nitrogens with zero attached hydrogens (tertiary/aromatic N) is 3. The van der Waals surface area contributed by atoms with Crippen LogP contribution < -0.4 is 5.56 Å². The van der Waals surface area contributed by atoms with E-state index in [2.05, 4.69) is 16.8 Å². The van der Waals surface area contributed by atoms with Crippen molar-refractivity contribution in [2.75, 3.05) is 0 Å². The number of amides is 1. The largest absolute Gasteiger partial charge is 0.337 e. The second-order valence-electron chi connectivity index (χ2n) is 7.49. The van der Waals surface area contributed by atoms with Gasteiger partial charge in [0.15, 0.2) is 0 Å². The molecule has 2 saturated carbocycles. The van der Waals surface area contributed by atoms with Gasteiger partial charge in [0, 0.05) is 25.0 Å². The van der Waals surface area contributed by atoms with Gasteiger partial charge < -0.3 is 4.90 Å². The van der Waals surface area contributed by atoms with E-state index in [0.717, 1.165) is 18.4 Å². The molecule has 5 heteroatoms. The molecule has 0 unspecified atom stereocenters. The van der Waals surface area contributed by atoms with Crippen molar-refractivity contribution in [1.82, 2.24) is 14.5 Å². The normalized spacial score (nSPS) is 18.3. The average Bonchev–Trinajstić information content (AvgIpc) is 3.47. The summed E-state index contributed by atoms with van der Waals surface area (Å²) in [6.45, 7) is 4.43. The molecule has 2 fully saturated rings. The van der Waals surface area contributed by atoms with Gasteiger partial charge in [-0.1, -0.05) is 12.1 Å². The van der Waals surface area contributed by atoms with Crippen molar-refractivity contribution >= 4 is 16.8 Å². The molecule has 0 bridgehead atoms. The van der Waals surface area contributed by atoms with Gasteiger partial charge in [0.1, 0.15) is 5.82 Å².